The third kappa shape index (κ3) is 2.29. The number of aryl methyl sites for hydroxylation is 1. The number of hydrogen-bond acceptors (Lipinski definition) is 2. The summed E-state index contributed by atoms with van der Waals surface area (Å²) in [6, 6.07) is 5.12. The van der Waals surface area contributed by atoms with Gasteiger partial charge in [-0.15, -0.1) is 0 Å². The Labute approximate surface area is 76.6 Å². The lowest BCUT2D eigenvalue weighted by molar-refractivity contribution is 0.0695. The first-order valence-electron chi connectivity index (χ1n) is 4.09. The van der Waals surface area contributed by atoms with Gasteiger partial charge in [-0.05, 0) is 25.0 Å². The molecule has 1 aromatic carbocycles. The first kappa shape index (κ1) is 9.74. The molecule has 0 fully saturated rings. The molecule has 0 saturated heterocycles. The number of carbonyl (C=O) groups is 1. The van der Waals surface area contributed by atoms with E-state index in [-0.39, 0.29) is 12.2 Å². The number of rotatable bonds is 3. The standard InChI is InChI=1S/C10H12O3/c1-7-2-3-9(10(12)13)8(6-7)4-5-11/h2-3,6,11H,4-5H2,1H3,(H,12,13). The van der Waals surface area contributed by atoms with E-state index in [0.717, 1.165) is 5.56 Å². The molecular formula is C10H12O3. The summed E-state index contributed by atoms with van der Waals surface area (Å²) in [5, 5.41) is 17.5. The molecule has 0 spiro atoms. The highest BCUT2D eigenvalue weighted by Crippen LogP contribution is 2.12. The highest BCUT2D eigenvalue weighted by Gasteiger charge is 2.08. The number of benzene rings is 1. The Hall–Kier alpha value is -1.35. The minimum absolute atomic E-state index is 0.0241. The summed E-state index contributed by atoms with van der Waals surface area (Å²) in [4.78, 5) is 10.7. The molecule has 3 heteroatoms. The maximum Gasteiger partial charge on any atom is 0.335 e. The van der Waals surface area contributed by atoms with Crippen LogP contribution in [0, 0.1) is 6.92 Å². The van der Waals surface area contributed by atoms with E-state index in [2.05, 4.69) is 0 Å². The predicted molar refractivity (Wildman–Crippen MR) is 48.9 cm³/mol. The van der Waals surface area contributed by atoms with Crippen LogP contribution in [0.25, 0.3) is 0 Å². The fourth-order valence-electron chi connectivity index (χ4n) is 1.26. The van der Waals surface area contributed by atoms with Gasteiger partial charge in [0.2, 0.25) is 0 Å². The average Bonchev–Trinajstić information content (AvgIpc) is 2.04. The maximum absolute atomic E-state index is 10.7. The van der Waals surface area contributed by atoms with Gasteiger partial charge in [0, 0.05) is 6.61 Å². The minimum Gasteiger partial charge on any atom is -0.478 e. The highest BCUT2D eigenvalue weighted by atomic mass is 16.4. The van der Waals surface area contributed by atoms with E-state index >= 15 is 0 Å². The molecule has 0 atom stereocenters. The first-order valence-corrected chi connectivity index (χ1v) is 4.09. The molecule has 1 rings (SSSR count). The molecular weight excluding hydrogens is 168 g/mol. The highest BCUT2D eigenvalue weighted by molar-refractivity contribution is 5.89. The fourth-order valence-corrected chi connectivity index (χ4v) is 1.26. The van der Waals surface area contributed by atoms with E-state index in [4.69, 9.17) is 10.2 Å². The van der Waals surface area contributed by atoms with E-state index in [9.17, 15) is 4.79 Å². The normalized spacial score (nSPS) is 10.0. The Morgan fingerprint density at radius 3 is 2.69 bits per heavy atom. The molecule has 0 heterocycles. The molecule has 1 aromatic rings. The van der Waals surface area contributed by atoms with Crippen molar-refractivity contribution in [1.82, 2.24) is 0 Å². The van der Waals surface area contributed by atoms with Crippen LogP contribution < -0.4 is 0 Å². The number of carboxylic acids is 1. The van der Waals surface area contributed by atoms with Crippen molar-refractivity contribution in [3.63, 3.8) is 0 Å². The zero-order chi connectivity index (χ0) is 9.84. The summed E-state index contributed by atoms with van der Waals surface area (Å²) < 4.78 is 0. The monoisotopic (exact) mass is 180 g/mol. The van der Waals surface area contributed by atoms with Crippen molar-refractivity contribution in [3.05, 3.63) is 34.9 Å². The third-order valence-corrected chi connectivity index (χ3v) is 1.87. The largest absolute Gasteiger partial charge is 0.478 e. The summed E-state index contributed by atoms with van der Waals surface area (Å²) in [5.41, 5.74) is 1.98. The molecule has 0 bridgehead atoms. The minimum atomic E-state index is -0.941. The Bertz CT molecular complexity index is 318. The van der Waals surface area contributed by atoms with Gasteiger partial charge in [0.25, 0.3) is 0 Å². The molecule has 0 aliphatic carbocycles. The lowest BCUT2D eigenvalue weighted by atomic mass is 10.0. The number of aliphatic hydroxyl groups is 1. The van der Waals surface area contributed by atoms with Crippen molar-refractivity contribution in [3.8, 4) is 0 Å². The van der Waals surface area contributed by atoms with Gasteiger partial charge in [-0.3, -0.25) is 0 Å². The van der Waals surface area contributed by atoms with Gasteiger partial charge in [0.05, 0.1) is 5.56 Å². The molecule has 3 nitrogen and oxygen atoms in total. The fraction of sp³-hybridized carbons (Fsp3) is 0.300. The van der Waals surface area contributed by atoms with Gasteiger partial charge >= 0.3 is 5.97 Å². The Kier molecular flexibility index (Phi) is 3.03. The van der Waals surface area contributed by atoms with Crippen LogP contribution in [-0.4, -0.2) is 22.8 Å². The van der Waals surface area contributed by atoms with Crippen LogP contribution in [0.15, 0.2) is 18.2 Å². The molecule has 0 amide bonds. The van der Waals surface area contributed by atoms with E-state index < -0.39 is 5.97 Å². The smallest absolute Gasteiger partial charge is 0.335 e. The van der Waals surface area contributed by atoms with Crippen molar-refractivity contribution < 1.29 is 15.0 Å². The van der Waals surface area contributed by atoms with Crippen LogP contribution in [0.1, 0.15) is 21.5 Å². The average molecular weight is 180 g/mol. The second-order valence-electron chi connectivity index (χ2n) is 2.94. The van der Waals surface area contributed by atoms with Crippen LogP contribution in [0.3, 0.4) is 0 Å². The lowest BCUT2D eigenvalue weighted by Crippen LogP contribution is -2.04. The first-order chi connectivity index (χ1) is 6.15. The number of aliphatic hydroxyl groups excluding tert-OH is 1. The van der Waals surface area contributed by atoms with Crippen molar-refractivity contribution in [1.29, 1.82) is 0 Å². The lowest BCUT2D eigenvalue weighted by Gasteiger charge is -2.04. The van der Waals surface area contributed by atoms with Gasteiger partial charge in [-0.2, -0.15) is 0 Å². The topological polar surface area (TPSA) is 57.5 Å². The second-order valence-corrected chi connectivity index (χ2v) is 2.94. The third-order valence-electron chi connectivity index (χ3n) is 1.87. The molecule has 70 valence electrons. The second kappa shape index (κ2) is 4.05. The van der Waals surface area contributed by atoms with Gasteiger partial charge in [-0.25, -0.2) is 4.79 Å². The van der Waals surface area contributed by atoms with Crippen LogP contribution in [0.5, 0.6) is 0 Å². The summed E-state index contributed by atoms with van der Waals surface area (Å²) in [7, 11) is 0. The molecule has 0 saturated carbocycles. The van der Waals surface area contributed by atoms with Gasteiger partial charge in [-0.1, -0.05) is 17.7 Å². The van der Waals surface area contributed by atoms with Crippen LogP contribution in [0.4, 0.5) is 0 Å². The molecule has 0 aromatic heterocycles. The van der Waals surface area contributed by atoms with Crippen molar-refractivity contribution in [2.75, 3.05) is 6.61 Å². The molecule has 0 radical (unpaired) electrons. The maximum atomic E-state index is 10.7. The molecule has 0 aliphatic rings. The van der Waals surface area contributed by atoms with E-state index in [0.29, 0.717) is 12.0 Å². The van der Waals surface area contributed by atoms with Crippen LogP contribution in [0.2, 0.25) is 0 Å². The van der Waals surface area contributed by atoms with Gasteiger partial charge in [0.15, 0.2) is 0 Å². The molecule has 0 aliphatic heterocycles. The number of carboxylic acid groups (broad SMARTS) is 1. The van der Waals surface area contributed by atoms with Crippen molar-refractivity contribution >= 4 is 5.97 Å². The van der Waals surface area contributed by atoms with Crippen LogP contribution in [-0.2, 0) is 6.42 Å². The SMILES string of the molecule is Cc1ccc(C(=O)O)c(CCO)c1. The summed E-state index contributed by atoms with van der Waals surface area (Å²) in [6.45, 7) is 1.87. The van der Waals surface area contributed by atoms with Crippen molar-refractivity contribution in [2.24, 2.45) is 0 Å². The molecule has 2 N–H and O–H groups in total. The van der Waals surface area contributed by atoms with E-state index in [1.165, 1.54) is 0 Å². The van der Waals surface area contributed by atoms with Gasteiger partial charge < -0.3 is 10.2 Å². The Balaban J connectivity index is 3.10. The zero-order valence-corrected chi connectivity index (χ0v) is 7.45. The Morgan fingerprint density at radius 1 is 1.46 bits per heavy atom. The summed E-state index contributed by atoms with van der Waals surface area (Å²) in [6.07, 6.45) is 0.392. The summed E-state index contributed by atoms with van der Waals surface area (Å²) in [5.74, 6) is -0.941. The predicted octanol–water partition coefficient (Wildman–Crippen LogP) is 1.23. The summed E-state index contributed by atoms with van der Waals surface area (Å²) >= 11 is 0. The molecule has 13 heavy (non-hydrogen) atoms. The van der Waals surface area contributed by atoms with Gasteiger partial charge in [0.1, 0.15) is 0 Å². The van der Waals surface area contributed by atoms with E-state index in [1.807, 2.05) is 6.92 Å². The van der Waals surface area contributed by atoms with E-state index in [1.54, 1.807) is 18.2 Å². The van der Waals surface area contributed by atoms with Crippen LogP contribution >= 0.6 is 0 Å². The van der Waals surface area contributed by atoms with Crippen molar-refractivity contribution in [2.45, 2.75) is 13.3 Å². The quantitative estimate of drug-likeness (QED) is 0.735. The number of aromatic carboxylic acids is 1. The zero-order valence-electron chi connectivity index (χ0n) is 7.45. The molecule has 0 unspecified atom stereocenters. The number of hydrogen-bond donors (Lipinski definition) is 2. The Morgan fingerprint density at radius 2 is 2.15 bits per heavy atom.